The number of allylic oxidation sites excluding steroid dienone is 1. The molecule has 0 unspecified atom stereocenters. The van der Waals surface area contributed by atoms with E-state index in [-0.39, 0.29) is 23.8 Å². The highest BCUT2D eigenvalue weighted by atomic mass is 16.5. The molecular formula is C27H28O4. The molecule has 0 saturated heterocycles. The van der Waals surface area contributed by atoms with Crippen molar-refractivity contribution in [2.75, 3.05) is 13.2 Å². The molecule has 1 aliphatic carbocycles. The third kappa shape index (κ3) is 5.24. The first kappa shape index (κ1) is 22.4. The lowest BCUT2D eigenvalue weighted by molar-refractivity contribution is -0.142. The Kier molecular flexibility index (Phi) is 6.97. The summed E-state index contributed by atoms with van der Waals surface area (Å²) in [5.41, 5.74) is 5.23. The van der Waals surface area contributed by atoms with Crippen molar-refractivity contribution >= 4 is 18.0 Å². The van der Waals surface area contributed by atoms with Crippen LogP contribution in [0.1, 0.15) is 72.3 Å². The number of carbonyl (C=O) groups is 2. The molecule has 31 heavy (non-hydrogen) atoms. The maximum atomic E-state index is 12.4. The van der Waals surface area contributed by atoms with Crippen LogP contribution in [0.2, 0.25) is 0 Å². The smallest absolute Gasteiger partial charge is 0.338 e. The first-order valence-electron chi connectivity index (χ1n) is 10.6. The summed E-state index contributed by atoms with van der Waals surface area (Å²) in [5.74, 6) is 5.82. The molecular weight excluding hydrogens is 388 g/mol. The summed E-state index contributed by atoms with van der Waals surface area (Å²) in [6.07, 6.45) is 5.38. The molecule has 0 fully saturated rings. The Balaban J connectivity index is 1.99. The van der Waals surface area contributed by atoms with Crippen LogP contribution in [0.3, 0.4) is 0 Å². The molecule has 0 aromatic heterocycles. The highest BCUT2D eigenvalue weighted by Crippen LogP contribution is 2.39. The van der Waals surface area contributed by atoms with Crippen LogP contribution in [0.15, 0.2) is 42.5 Å². The van der Waals surface area contributed by atoms with Gasteiger partial charge in [0.2, 0.25) is 0 Å². The Bertz CT molecular complexity index is 1060. The van der Waals surface area contributed by atoms with Crippen molar-refractivity contribution in [3.8, 4) is 11.8 Å². The van der Waals surface area contributed by atoms with Crippen LogP contribution in [-0.4, -0.2) is 25.2 Å². The Morgan fingerprint density at radius 2 is 1.68 bits per heavy atom. The molecule has 0 radical (unpaired) electrons. The summed E-state index contributed by atoms with van der Waals surface area (Å²) in [6, 6.07) is 11.1. The lowest BCUT2D eigenvalue weighted by Gasteiger charge is -2.32. The van der Waals surface area contributed by atoms with Crippen LogP contribution in [0.25, 0.3) is 6.08 Å². The molecule has 0 N–H and O–H groups in total. The lowest BCUT2D eigenvalue weighted by Crippen LogP contribution is -2.24. The van der Waals surface area contributed by atoms with Gasteiger partial charge in [-0.2, -0.15) is 0 Å². The molecule has 3 rings (SSSR count). The van der Waals surface area contributed by atoms with Gasteiger partial charge >= 0.3 is 11.9 Å². The Morgan fingerprint density at radius 3 is 2.35 bits per heavy atom. The predicted octanol–water partition coefficient (Wildman–Crippen LogP) is 5.06. The number of hydrogen-bond donors (Lipinski definition) is 0. The summed E-state index contributed by atoms with van der Waals surface area (Å²) in [5, 5.41) is 0. The number of carbonyl (C=O) groups excluding carboxylic acids is 2. The van der Waals surface area contributed by atoms with Crippen LogP contribution < -0.4 is 0 Å². The van der Waals surface area contributed by atoms with E-state index in [4.69, 9.17) is 9.47 Å². The molecule has 160 valence electrons. The minimum absolute atomic E-state index is 0.0924. The average molecular weight is 417 g/mol. The maximum absolute atomic E-state index is 12.4. The molecule has 0 amide bonds. The second-order valence-electron chi connectivity index (χ2n) is 8.08. The Labute approximate surface area is 184 Å². The number of fused-ring (bicyclic) bond motifs is 1. The second kappa shape index (κ2) is 9.66. The molecule has 0 spiro atoms. The topological polar surface area (TPSA) is 52.6 Å². The quantitative estimate of drug-likeness (QED) is 0.505. The summed E-state index contributed by atoms with van der Waals surface area (Å²) in [6.45, 7) is 8.66. The van der Waals surface area contributed by atoms with Gasteiger partial charge in [0.05, 0.1) is 25.2 Å². The van der Waals surface area contributed by atoms with Gasteiger partial charge in [0, 0.05) is 11.1 Å². The fraction of sp³-hybridized carbons (Fsp3) is 0.333. The van der Waals surface area contributed by atoms with Gasteiger partial charge in [0.1, 0.15) is 0 Å². The van der Waals surface area contributed by atoms with Gasteiger partial charge in [0.25, 0.3) is 0 Å². The minimum atomic E-state index is -0.344. The van der Waals surface area contributed by atoms with E-state index in [2.05, 4.69) is 43.9 Å². The van der Waals surface area contributed by atoms with Crippen molar-refractivity contribution < 1.29 is 19.1 Å². The van der Waals surface area contributed by atoms with Crippen LogP contribution in [0.4, 0.5) is 0 Å². The normalized spacial score (nSPS) is 13.5. The van der Waals surface area contributed by atoms with Gasteiger partial charge in [-0.1, -0.05) is 43.9 Å². The van der Waals surface area contributed by atoms with Gasteiger partial charge in [-0.05, 0) is 72.7 Å². The van der Waals surface area contributed by atoms with E-state index in [0.717, 1.165) is 34.2 Å². The minimum Gasteiger partial charge on any atom is -0.466 e. The molecule has 1 aliphatic rings. The van der Waals surface area contributed by atoms with Gasteiger partial charge in [0.15, 0.2) is 0 Å². The molecule has 0 atom stereocenters. The van der Waals surface area contributed by atoms with Gasteiger partial charge in [-0.25, -0.2) is 4.79 Å². The number of hydrogen-bond acceptors (Lipinski definition) is 4. The summed E-state index contributed by atoms with van der Waals surface area (Å²) < 4.78 is 10.2. The van der Waals surface area contributed by atoms with Gasteiger partial charge in [-0.3, -0.25) is 4.79 Å². The van der Waals surface area contributed by atoms with Crippen molar-refractivity contribution in [2.45, 2.75) is 46.0 Å². The van der Waals surface area contributed by atoms with Crippen LogP contribution in [0.5, 0.6) is 0 Å². The summed E-state index contributed by atoms with van der Waals surface area (Å²) in [4.78, 5) is 24.2. The molecule has 2 aromatic rings. The number of ether oxygens (including phenoxy) is 2. The van der Waals surface area contributed by atoms with Crippen LogP contribution in [0, 0.1) is 11.8 Å². The van der Waals surface area contributed by atoms with E-state index < -0.39 is 0 Å². The van der Waals surface area contributed by atoms with Crippen molar-refractivity contribution in [3.63, 3.8) is 0 Å². The zero-order valence-corrected chi connectivity index (χ0v) is 18.6. The third-order valence-electron chi connectivity index (χ3n) is 5.31. The largest absolute Gasteiger partial charge is 0.466 e. The predicted molar refractivity (Wildman–Crippen MR) is 122 cm³/mol. The van der Waals surface area contributed by atoms with Gasteiger partial charge < -0.3 is 9.47 Å². The maximum Gasteiger partial charge on any atom is 0.338 e. The first-order valence-corrected chi connectivity index (χ1v) is 10.6. The molecule has 0 bridgehead atoms. The number of benzene rings is 2. The molecule has 4 heteroatoms. The van der Waals surface area contributed by atoms with Crippen molar-refractivity contribution in [1.29, 1.82) is 0 Å². The zero-order valence-electron chi connectivity index (χ0n) is 18.6. The van der Waals surface area contributed by atoms with Crippen molar-refractivity contribution in [2.24, 2.45) is 0 Å². The van der Waals surface area contributed by atoms with E-state index in [0.29, 0.717) is 18.8 Å². The average Bonchev–Trinajstić information content (AvgIpc) is 2.73. The van der Waals surface area contributed by atoms with Crippen molar-refractivity contribution in [3.05, 3.63) is 75.9 Å². The van der Waals surface area contributed by atoms with E-state index in [9.17, 15) is 9.59 Å². The first-order chi connectivity index (χ1) is 14.9. The van der Waals surface area contributed by atoms with Crippen LogP contribution >= 0.6 is 0 Å². The fourth-order valence-corrected chi connectivity index (χ4v) is 3.89. The number of rotatable bonds is 5. The third-order valence-corrected chi connectivity index (χ3v) is 5.31. The SMILES string of the molecule is CCOC(=O)Cc1c(C#Cc2ccc(C(=O)OCC)cc2)ccc2c1C(C)(C)CC=C2. The monoisotopic (exact) mass is 416 g/mol. The van der Waals surface area contributed by atoms with Crippen LogP contribution in [-0.2, 0) is 26.1 Å². The lowest BCUT2D eigenvalue weighted by atomic mass is 9.72. The van der Waals surface area contributed by atoms with E-state index in [1.807, 2.05) is 13.0 Å². The van der Waals surface area contributed by atoms with E-state index >= 15 is 0 Å². The summed E-state index contributed by atoms with van der Waals surface area (Å²) in [7, 11) is 0. The molecule has 0 aliphatic heterocycles. The molecule has 4 nitrogen and oxygen atoms in total. The van der Waals surface area contributed by atoms with E-state index in [1.165, 1.54) is 0 Å². The molecule has 2 aromatic carbocycles. The van der Waals surface area contributed by atoms with E-state index in [1.54, 1.807) is 31.2 Å². The Morgan fingerprint density at radius 1 is 0.968 bits per heavy atom. The van der Waals surface area contributed by atoms with Gasteiger partial charge in [-0.15, -0.1) is 0 Å². The Hall–Kier alpha value is -3.32. The standard InChI is InChI=1S/C27H28O4/c1-5-30-24(28)18-23-20(15-16-21-8-7-17-27(3,4)25(21)23)12-9-19-10-13-22(14-11-19)26(29)31-6-2/h7-8,10-11,13-16H,5-6,17-18H2,1-4H3. The zero-order chi connectivity index (χ0) is 22.4. The van der Waals surface area contributed by atoms with Crippen molar-refractivity contribution in [1.82, 2.24) is 0 Å². The highest BCUT2D eigenvalue weighted by Gasteiger charge is 2.29. The highest BCUT2D eigenvalue weighted by molar-refractivity contribution is 5.89. The number of esters is 2. The summed E-state index contributed by atoms with van der Waals surface area (Å²) >= 11 is 0. The molecule has 0 saturated carbocycles. The molecule has 0 heterocycles. The second-order valence-corrected chi connectivity index (χ2v) is 8.08. The fourth-order valence-electron chi connectivity index (χ4n) is 3.89.